The van der Waals surface area contributed by atoms with Crippen LogP contribution in [0.5, 0.6) is 17.2 Å². The summed E-state index contributed by atoms with van der Waals surface area (Å²) in [5.41, 5.74) is 1.08. The Morgan fingerprint density at radius 1 is 0.952 bits per heavy atom. The molecule has 3 heterocycles. The monoisotopic (exact) mass is 599 g/mol. The van der Waals surface area contributed by atoms with Gasteiger partial charge in [0.1, 0.15) is 5.75 Å². The molecule has 2 aliphatic heterocycles. The number of rotatable bonds is 10. The number of piperidine rings is 2. The van der Waals surface area contributed by atoms with Gasteiger partial charge in [-0.3, -0.25) is 9.69 Å². The van der Waals surface area contributed by atoms with Crippen molar-refractivity contribution in [2.75, 3.05) is 52.8 Å². The third-order valence-corrected chi connectivity index (χ3v) is 9.62. The second kappa shape index (κ2) is 13.1. The number of methoxy groups -OCH3 is 3. The van der Waals surface area contributed by atoms with Gasteiger partial charge in [-0.1, -0.05) is 11.6 Å². The lowest BCUT2D eigenvalue weighted by molar-refractivity contribution is -0.121. The predicted octanol–water partition coefficient (Wildman–Crippen LogP) is 3.79. The molecule has 0 spiro atoms. The number of ether oxygens (including phenoxy) is 3. The summed E-state index contributed by atoms with van der Waals surface area (Å²) in [6, 6.07) is 10.0. The molecule has 5 rings (SSSR count). The average Bonchev–Trinajstić information content (AvgIpc) is 3.49. The van der Waals surface area contributed by atoms with E-state index in [4.69, 9.17) is 18.7 Å². The molecule has 0 bridgehead atoms. The zero-order chi connectivity index (χ0) is 29.7. The Kier molecular flexibility index (Phi) is 9.29. The average molecular weight is 600 g/mol. The van der Waals surface area contributed by atoms with Crippen molar-refractivity contribution in [3.05, 3.63) is 42.3 Å². The van der Waals surface area contributed by atoms with Crippen molar-refractivity contribution in [1.82, 2.24) is 19.3 Å². The van der Waals surface area contributed by atoms with Gasteiger partial charge in [0.2, 0.25) is 27.6 Å². The number of nitrogens with zero attached hydrogens (tertiary/aromatic N) is 4. The number of hydrogen-bond acceptors (Lipinski definition) is 10. The molecule has 0 radical (unpaired) electrons. The van der Waals surface area contributed by atoms with E-state index in [0.29, 0.717) is 67.3 Å². The summed E-state index contributed by atoms with van der Waals surface area (Å²) in [4.78, 5) is 20.2. The molecular weight excluding hydrogens is 562 g/mol. The highest BCUT2D eigenvalue weighted by molar-refractivity contribution is 7.89. The van der Waals surface area contributed by atoms with E-state index in [1.54, 1.807) is 32.4 Å². The fourth-order valence-electron chi connectivity index (χ4n) is 5.45. The topological polar surface area (TPSA) is 136 Å². The molecular formula is C29H37N5O7S. The molecule has 12 nitrogen and oxygen atoms in total. The summed E-state index contributed by atoms with van der Waals surface area (Å²) in [7, 11) is 0.975. The minimum absolute atomic E-state index is 0.146. The number of aromatic nitrogens is 2. The van der Waals surface area contributed by atoms with Crippen LogP contribution in [-0.4, -0.2) is 81.2 Å². The minimum atomic E-state index is -3.66. The van der Waals surface area contributed by atoms with E-state index in [0.717, 1.165) is 37.8 Å². The van der Waals surface area contributed by atoms with Crippen LogP contribution < -0.4 is 19.5 Å². The van der Waals surface area contributed by atoms with Crippen molar-refractivity contribution in [3.63, 3.8) is 0 Å². The quantitative estimate of drug-likeness (QED) is 0.367. The molecule has 13 heteroatoms. The smallest absolute Gasteiger partial charge is 0.243 e. The fraction of sp³-hybridized carbons (Fsp3) is 0.483. The number of amides is 1. The second-order valence-corrected chi connectivity index (χ2v) is 12.4. The number of likely N-dealkylation sites (tertiary alicyclic amines) is 1. The van der Waals surface area contributed by atoms with Crippen LogP contribution in [0.4, 0.5) is 5.69 Å². The third-order valence-electron chi connectivity index (χ3n) is 7.73. The Labute approximate surface area is 246 Å². The van der Waals surface area contributed by atoms with Crippen molar-refractivity contribution in [2.45, 2.75) is 43.5 Å². The van der Waals surface area contributed by atoms with Crippen molar-refractivity contribution in [1.29, 1.82) is 0 Å². The van der Waals surface area contributed by atoms with E-state index in [2.05, 4.69) is 20.4 Å². The van der Waals surface area contributed by atoms with Crippen LogP contribution >= 0.6 is 0 Å². The Morgan fingerprint density at radius 3 is 2.43 bits per heavy atom. The number of carbonyl (C=O) groups excluding carboxylic acids is 1. The molecule has 0 aliphatic carbocycles. The minimum Gasteiger partial charge on any atom is -0.495 e. The van der Waals surface area contributed by atoms with Crippen LogP contribution in [0.25, 0.3) is 11.4 Å². The van der Waals surface area contributed by atoms with Gasteiger partial charge in [-0.05, 0) is 68.6 Å². The first kappa shape index (κ1) is 29.8. The number of nitrogens with one attached hydrogen (secondary N) is 1. The number of benzene rings is 2. The first-order valence-electron chi connectivity index (χ1n) is 14.1. The van der Waals surface area contributed by atoms with Gasteiger partial charge in [0.15, 0.2) is 11.5 Å². The highest BCUT2D eigenvalue weighted by atomic mass is 32.2. The van der Waals surface area contributed by atoms with Crippen LogP contribution in [0.1, 0.15) is 38.0 Å². The summed E-state index contributed by atoms with van der Waals surface area (Å²) in [5, 5.41) is 7.05. The highest BCUT2D eigenvalue weighted by Crippen LogP contribution is 2.33. The standard InChI is InChI=1S/C29H37N5O7S/c1-38-24-12-10-22(42(36,37)34-14-5-4-6-15-34)17-23(24)30-29(35)21-8-7-13-33(18-21)19-27-31-28(32-41-27)20-9-11-25(39-2)26(16-20)40-3/h9-12,16-17,21H,4-8,13-15,18-19H2,1-3H3,(H,30,35). The Morgan fingerprint density at radius 2 is 1.69 bits per heavy atom. The lowest BCUT2D eigenvalue weighted by Gasteiger charge is -2.31. The zero-order valence-corrected chi connectivity index (χ0v) is 25.0. The highest BCUT2D eigenvalue weighted by Gasteiger charge is 2.30. The Bertz CT molecular complexity index is 1500. The predicted molar refractivity (Wildman–Crippen MR) is 155 cm³/mol. The lowest BCUT2D eigenvalue weighted by Crippen LogP contribution is -2.40. The molecule has 2 aromatic carbocycles. The summed E-state index contributed by atoms with van der Waals surface area (Å²) < 4.78 is 49.6. The van der Waals surface area contributed by atoms with Gasteiger partial charge in [0.05, 0.1) is 44.4 Å². The fourth-order valence-corrected chi connectivity index (χ4v) is 6.99. The van der Waals surface area contributed by atoms with E-state index in [1.165, 1.54) is 23.5 Å². The molecule has 3 aromatic rings. The molecule has 2 fully saturated rings. The van der Waals surface area contributed by atoms with Crippen LogP contribution in [0, 0.1) is 5.92 Å². The number of carbonyl (C=O) groups is 1. The van der Waals surface area contributed by atoms with Crippen LogP contribution in [0.15, 0.2) is 45.8 Å². The maximum atomic E-state index is 13.4. The van der Waals surface area contributed by atoms with Gasteiger partial charge in [-0.2, -0.15) is 9.29 Å². The zero-order valence-electron chi connectivity index (χ0n) is 24.2. The van der Waals surface area contributed by atoms with Crippen LogP contribution in [-0.2, 0) is 21.4 Å². The maximum absolute atomic E-state index is 13.4. The molecule has 2 saturated heterocycles. The first-order chi connectivity index (χ1) is 20.3. The normalized spacial score (nSPS) is 18.4. The molecule has 1 N–H and O–H groups in total. The molecule has 1 unspecified atom stereocenters. The number of sulfonamides is 1. The van der Waals surface area contributed by atoms with Gasteiger partial charge in [0.25, 0.3) is 0 Å². The first-order valence-corrected chi connectivity index (χ1v) is 15.5. The number of anilines is 1. The molecule has 42 heavy (non-hydrogen) atoms. The van der Waals surface area contributed by atoms with Crippen LogP contribution in [0.2, 0.25) is 0 Å². The van der Waals surface area contributed by atoms with E-state index in [-0.39, 0.29) is 16.7 Å². The maximum Gasteiger partial charge on any atom is 0.243 e. The van der Waals surface area contributed by atoms with E-state index in [1.807, 2.05) is 6.07 Å². The molecule has 226 valence electrons. The van der Waals surface area contributed by atoms with Gasteiger partial charge in [0, 0.05) is 25.2 Å². The molecule has 1 atom stereocenters. The van der Waals surface area contributed by atoms with Gasteiger partial charge >= 0.3 is 0 Å². The van der Waals surface area contributed by atoms with Gasteiger partial charge in [-0.25, -0.2) is 8.42 Å². The third kappa shape index (κ3) is 6.53. The van der Waals surface area contributed by atoms with Crippen molar-refractivity contribution in [3.8, 4) is 28.6 Å². The molecule has 2 aliphatic rings. The summed E-state index contributed by atoms with van der Waals surface area (Å²) >= 11 is 0. The Balaban J connectivity index is 1.24. The number of hydrogen-bond donors (Lipinski definition) is 1. The van der Waals surface area contributed by atoms with Crippen molar-refractivity contribution >= 4 is 21.6 Å². The molecule has 1 amide bonds. The lowest BCUT2D eigenvalue weighted by atomic mass is 9.97. The van der Waals surface area contributed by atoms with Gasteiger partial charge < -0.3 is 24.1 Å². The van der Waals surface area contributed by atoms with Crippen molar-refractivity contribution < 1.29 is 31.9 Å². The Hall–Kier alpha value is -3.68. The summed E-state index contributed by atoms with van der Waals surface area (Å²) in [5.74, 6) is 1.96. The SMILES string of the molecule is COc1ccc(S(=O)(=O)N2CCCCC2)cc1NC(=O)C1CCCN(Cc2nc(-c3ccc(OC)c(OC)c3)no2)C1. The van der Waals surface area contributed by atoms with Crippen LogP contribution in [0.3, 0.4) is 0 Å². The van der Waals surface area contributed by atoms with E-state index in [9.17, 15) is 13.2 Å². The molecule has 1 aromatic heterocycles. The van der Waals surface area contributed by atoms with Gasteiger partial charge in [-0.15, -0.1) is 0 Å². The second-order valence-electron chi connectivity index (χ2n) is 10.5. The van der Waals surface area contributed by atoms with E-state index >= 15 is 0 Å². The molecule has 0 saturated carbocycles. The van der Waals surface area contributed by atoms with Crippen molar-refractivity contribution in [2.24, 2.45) is 5.92 Å². The van der Waals surface area contributed by atoms with E-state index < -0.39 is 10.0 Å². The summed E-state index contributed by atoms with van der Waals surface area (Å²) in [6.45, 7) is 2.68. The largest absolute Gasteiger partial charge is 0.495 e. The summed E-state index contributed by atoms with van der Waals surface area (Å²) in [6.07, 6.45) is 4.24.